The van der Waals surface area contributed by atoms with E-state index in [9.17, 15) is 0 Å². The first-order valence-corrected chi connectivity index (χ1v) is 9.44. The van der Waals surface area contributed by atoms with Crippen LogP contribution in [0.5, 0.6) is 0 Å². The van der Waals surface area contributed by atoms with Gasteiger partial charge in [0.1, 0.15) is 4.60 Å². The zero-order valence-corrected chi connectivity index (χ0v) is 16.2. The number of halogens is 1. The van der Waals surface area contributed by atoms with Gasteiger partial charge in [-0.25, -0.2) is 9.97 Å². The number of rotatable bonds is 3. The van der Waals surface area contributed by atoms with E-state index in [1.165, 1.54) is 5.69 Å². The second-order valence-electron chi connectivity index (χ2n) is 6.62. The third kappa shape index (κ3) is 3.28. The van der Waals surface area contributed by atoms with Crippen molar-refractivity contribution in [2.24, 2.45) is 0 Å². The summed E-state index contributed by atoms with van der Waals surface area (Å²) in [5, 5.41) is 0. The number of imidazole rings is 1. The van der Waals surface area contributed by atoms with Gasteiger partial charge in [-0.05, 0) is 48.0 Å². The topological polar surface area (TPSA) is 36.7 Å². The van der Waals surface area contributed by atoms with Crippen LogP contribution in [-0.2, 0) is 6.54 Å². The fraction of sp³-hybridized carbons (Fsp3) is 0.368. The molecule has 0 bridgehead atoms. The number of aromatic nitrogens is 3. The molecule has 5 nitrogen and oxygen atoms in total. The number of aryl methyl sites for hydroxylation is 2. The summed E-state index contributed by atoms with van der Waals surface area (Å²) in [6.07, 6.45) is 0. The number of para-hydroxylation sites is 1. The van der Waals surface area contributed by atoms with Gasteiger partial charge in [-0.15, -0.1) is 0 Å². The normalized spacial score (nSPS) is 15.9. The van der Waals surface area contributed by atoms with Gasteiger partial charge < -0.3 is 4.90 Å². The van der Waals surface area contributed by atoms with Crippen LogP contribution in [0.15, 0.2) is 41.0 Å². The van der Waals surface area contributed by atoms with Crippen LogP contribution in [-0.4, -0.2) is 45.4 Å². The largest absolute Gasteiger partial charge is 0.369 e. The summed E-state index contributed by atoms with van der Waals surface area (Å²) < 4.78 is 3.11. The van der Waals surface area contributed by atoms with Crippen molar-refractivity contribution >= 4 is 27.4 Å². The first-order chi connectivity index (χ1) is 12.1. The molecule has 0 aliphatic carbocycles. The Balaban J connectivity index is 1.48. The van der Waals surface area contributed by atoms with Crippen LogP contribution in [0.25, 0.3) is 5.78 Å². The molecule has 1 aromatic carbocycles. The summed E-state index contributed by atoms with van der Waals surface area (Å²) in [4.78, 5) is 14.2. The van der Waals surface area contributed by atoms with E-state index in [4.69, 9.17) is 4.98 Å². The molecule has 0 radical (unpaired) electrons. The Morgan fingerprint density at radius 2 is 1.72 bits per heavy atom. The van der Waals surface area contributed by atoms with Crippen LogP contribution in [0, 0.1) is 13.8 Å². The van der Waals surface area contributed by atoms with Crippen LogP contribution >= 0.6 is 15.9 Å². The molecule has 1 aliphatic heterocycles. The first-order valence-electron chi connectivity index (χ1n) is 8.65. The monoisotopic (exact) mass is 399 g/mol. The van der Waals surface area contributed by atoms with Gasteiger partial charge in [0.2, 0.25) is 5.78 Å². The number of hydrogen-bond donors (Lipinski definition) is 0. The minimum absolute atomic E-state index is 0.780. The van der Waals surface area contributed by atoms with E-state index in [1.54, 1.807) is 0 Å². The molecule has 0 unspecified atom stereocenters. The highest BCUT2D eigenvalue weighted by molar-refractivity contribution is 9.10. The molecule has 0 atom stereocenters. The van der Waals surface area contributed by atoms with Gasteiger partial charge >= 0.3 is 0 Å². The fourth-order valence-electron chi connectivity index (χ4n) is 3.49. The van der Waals surface area contributed by atoms with E-state index in [-0.39, 0.29) is 0 Å². The highest BCUT2D eigenvalue weighted by atomic mass is 79.9. The Labute approximate surface area is 156 Å². The number of nitrogens with zero attached hydrogens (tertiary/aromatic N) is 5. The number of fused-ring (bicyclic) bond motifs is 1. The second kappa shape index (κ2) is 6.77. The zero-order chi connectivity index (χ0) is 17.4. The van der Waals surface area contributed by atoms with Crippen molar-refractivity contribution < 1.29 is 0 Å². The molecule has 130 valence electrons. The lowest BCUT2D eigenvalue weighted by atomic mass is 10.2. The van der Waals surface area contributed by atoms with E-state index in [1.807, 2.05) is 6.92 Å². The molecule has 3 heterocycles. The fourth-order valence-corrected chi connectivity index (χ4v) is 4.15. The van der Waals surface area contributed by atoms with Crippen molar-refractivity contribution in [2.45, 2.75) is 20.4 Å². The predicted molar refractivity (Wildman–Crippen MR) is 104 cm³/mol. The number of anilines is 1. The highest BCUT2D eigenvalue weighted by Gasteiger charge is 2.20. The molecule has 0 saturated carbocycles. The lowest BCUT2D eigenvalue weighted by Crippen LogP contribution is -2.46. The maximum absolute atomic E-state index is 4.75. The maximum Gasteiger partial charge on any atom is 0.235 e. The molecule has 6 heteroatoms. The van der Waals surface area contributed by atoms with Gasteiger partial charge in [-0.3, -0.25) is 9.30 Å². The van der Waals surface area contributed by atoms with E-state index >= 15 is 0 Å². The second-order valence-corrected chi connectivity index (χ2v) is 7.37. The molecule has 0 amide bonds. The molecule has 0 N–H and O–H groups in total. The molecule has 1 fully saturated rings. The SMILES string of the molecule is Cc1cc(C)n2c(Br)c(CN3CCN(c4ccccc4)CC3)nc2n1. The standard InChI is InChI=1S/C19H22BrN5/c1-14-12-15(2)25-18(20)17(22-19(25)21-14)13-23-8-10-24(11-9-23)16-6-4-3-5-7-16/h3-7,12H,8-11,13H2,1-2H3. The quantitative estimate of drug-likeness (QED) is 0.675. The van der Waals surface area contributed by atoms with Crippen LogP contribution < -0.4 is 4.90 Å². The lowest BCUT2D eigenvalue weighted by Gasteiger charge is -2.35. The van der Waals surface area contributed by atoms with E-state index in [0.717, 1.165) is 60.2 Å². The van der Waals surface area contributed by atoms with Gasteiger partial charge in [0.15, 0.2) is 0 Å². The van der Waals surface area contributed by atoms with Crippen molar-refractivity contribution in [3.63, 3.8) is 0 Å². The molecule has 4 rings (SSSR count). The summed E-state index contributed by atoms with van der Waals surface area (Å²) in [6, 6.07) is 12.7. The molecule has 3 aromatic rings. The predicted octanol–water partition coefficient (Wildman–Crippen LogP) is 3.43. The third-order valence-corrected chi connectivity index (χ3v) is 5.60. The van der Waals surface area contributed by atoms with Crippen molar-refractivity contribution in [2.75, 3.05) is 31.1 Å². The maximum atomic E-state index is 4.75. The summed E-state index contributed by atoms with van der Waals surface area (Å²) in [5.41, 5.74) is 4.54. The van der Waals surface area contributed by atoms with E-state index < -0.39 is 0 Å². The van der Waals surface area contributed by atoms with E-state index in [0.29, 0.717) is 0 Å². The zero-order valence-electron chi connectivity index (χ0n) is 14.6. The molecular formula is C19H22BrN5. The Hall–Kier alpha value is -1.92. The van der Waals surface area contributed by atoms with Crippen molar-refractivity contribution in [1.82, 2.24) is 19.3 Å². The van der Waals surface area contributed by atoms with Gasteiger partial charge in [-0.2, -0.15) is 0 Å². The Kier molecular flexibility index (Phi) is 4.48. The highest BCUT2D eigenvalue weighted by Crippen LogP contribution is 2.23. The first kappa shape index (κ1) is 16.5. The van der Waals surface area contributed by atoms with Crippen LogP contribution in [0.2, 0.25) is 0 Å². The van der Waals surface area contributed by atoms with E-state index in [2.05, 4.69) is 78.4 Å². The molecule has 2 aromatic heterocycles. The lowest BCUT2D eigenvalue weighted by molar-refractivity contribution is 0.247. The minimum atomic E-state index is 0.780. The average molecular weight is 400 g/mol. The third-order valence-electron chi connectivity index (χ3n) is 4.78. The smallest absolute Gasteiger partial charge is 0.235 e. The molecule has 1 aliphatic rings. The Morgan fingerprint density at radius 3 is 2.44 bits per heavy atom. The molecular weight excluding hydrogens is 378 g/mol. The van der Waals surface area contributed by atoms with Gasteiger partial charge in [0.05, 0.1) is 5.69 Å². The number of piperazine rings is 1. The Morgan fingerprint density at radius 1 is 1.00 bits per heavy atom. The molecule has 0 spiro atoms. The van der Waals surface area contributed by atoms with Gasteiger partial charge in [-0.1, -0.05) is 18.2 Å². The Bertz CT molecular complexity index is 882. The van der Waals surface area contributed by atoms with Crippen molar-refractivity contribution in [3.8, 4) is 0 Å². The summed E-state index contributed by atoms with van der Waals surface area (Å²) in [7, 11) is 0. The van der Waals surface area contributed by atoms with Gasteiger partial charge in [0, 0.05) is 49.8 Å². The van der Waals surface area contributed by atoms with Crippen LogP contribution in [0.1, 0.15) is 17.1 Å². The summed E-state index contributed by atoms with van der Waals surface area (Å²) in [6.45, 7) is 9.14. The van der Waals surface area contributed by atoms with Crippen molar-refractivity contribution in [1.29, 1.82) is 0 Å². The minimum Gasteiger partial charge on any atom is -0.369 e. The van der Waals surface area contributed by atoms with Gasteiger partial charge in [0.25, 0.3) is 0 Å². The number of benzene rings is 1. The van der Waals surface area contributed by atoms with Crippen molar-refractivity contribution in [3.05, 3.63) is 58.1 Å². The summed E-state index contributed by atoms with van der Waals surface area (Å²) >= 11 is 3.73. The average Bonchev–Trinajstić information content (AvgIpc) is 2.92. The van der Waals surface area contributed by atoms with Crippen LogP contribution in [0.3, 0.4) is 0 Å². The molecule has 1 saturated heterocycles. The van der Waals surface area contributed by atoms with Crippen LogP contribution in [0.4, 0.5) is 5.69 Å². The number of hydrogen-bond acceptors (Lipinski definition) is 4. The summed E-state index contributed by atoms with van der Waals surface area (Å²) in [5.74, 6) is 0.780. The molecule has 25 heavy (non-hydrogen) atoms.